The van der Waals surface area contributed by atoms with Crippen LogP contribution in [0.25, 0.3) is 5.69 Å². The second-order valence-corrected chi connectivity index (χ2v) is 6.05. The monoisotopic (exact) mass is 341 g/mol. The molecule has 1 aromatic carbocycles. The second kappa shape index (κ2) is 6.48. The van der Waals surface area contributed by atoms with Crippen LogP contribution in [0.5, 0.6) is 0 Å². The molecular formula is C15H18F3N5O. The van der Waals surface area contributed by atoms with Gasteiger partial charge in [-0.1, -0.05) is 12.8 Å². The van der Waals surface area contributed by atoms with E-state index < -0.39 is 11.7 Å². The first kappa shape index (κ1) is 16.8. The van der Waals surface area contributed by atoms with Crippen LogP contribution in [0.2, 0.25) is 0 Å². The minimum atomic E-state index is -4.38. The van der Waals surface area contributed by atoms with Crippen molar-refractivity contribution in [2.24, 2.45) is 0 Å². The van der Waals surface area contributed by atoms with Crippen molar-refractivity contribution < 1.29 is 18.3 Å². The molecule has 1 aliphatic rings. The molecule has 0 spiro atoms. The number of rotatable bonds is 5. The predicted octanol–water partition coefficient (Wildman–Crippen LogP) is 2.08. The van der Waals surface area contributed by atoms with Crippen molar-refractivity contribution in [3.05, 3.63) is 35.7 Å². The van der Waals surface area contributed by atoms with Crippen molar-refractivity contribution in [3.8, 4) is 5.69 Å². The molecule has 0 radical (unpaired) electrons. The lowest BCUT2D eigenvalue weighted by Gasteiger charge is -2.27. The highest BCUT2D eigenvalue weighted by Gasteiger charge is 2.33. The number of hydrogen-bond donors (Lipinski definition) is 2. The van der Waals surface area contributed by atoms with Crippen LogP contribution in [0.4, 0.5) is 13.2 Å². The number of aliphatic hydroxyl groups is 1. The third-order valence-electron chi connectivity index (χ3n) is 4.46. The molecule has 3 rings (SSSR count). The molecule has 2 aromatic rings. The molecule has 2 N–H and O–H groups in total. The molecule has 9 heteroatoms. The number of halogens is 3. The van der Waals surface area contributed by atoms with Crippen molar-refractivity contribution >= 4 is 0 Å². The molecule has 0 aliphatic heterocycles. The average molecular weight is 341 g/mol. The standard InChI is InChI=1S/C15H18F3N5O/c16-15(17,18)11-3-5-12(6-4-11)23-13(20-21-22-23)9-19-14(10-24)7-1-2-8-14/h3-6,19,24H,1-2,7-10H2. The molecule has 6 nitrogen and oxygen atoms in total. The Labute approximate surface area is 136 Å². The maximum atomic E-state index is 12.6. The van der Waals surface area contributed by atoms with E-state index >= 15 is 0 Å². The fourth-order valence-electron chi connectivity index (χ4n) is 3.02. The second-order valence-electron chi connectivity index (χ2n) is 6.05. The SMILES string of the molecule is OCC1(NCc2nnnn2-c2ccc(C(F)(F)F)cc2)CCCC1. The Bertz CT molecular complexity index is 677. The maximum Gasteiger partial charge on any atom is 0.416 e. The zero-order chi connectivity index (χ0) is 17.2. The van der Waals surface area contributed by atoms with E-state index in [0.717, 1.165) is 37.8 Å². The van der Waals surface area contributed by atoms with Gasteiger partial charge in [0.15, 0.2) is 5.82 Å². The smallest absolute Gasteiger partial charge is 0.394 e. The summed E-state index contributed by atoms with van der Waals surface area (Å²) >= 11 is 0. The molecular weight excluding hydrogens is 323 g/mol. The molecule has 0 atom stereocenters. The van der Waals surface area contributed by atoms with Crippen LogP contribution in [0.1, 0.15) is 37.1 Å². The number of nitrogens with one attached hydrogen (secondary N) is 1. The number of benzene rings is 1. The number of hydrogen-bond acceptors (Lipinski definition) is 5. The molecule has 0 unspecified atom stereocenters. The van der Waals surface area contributed by atoms with Gasteiger partial charge in [-0.25, -0.2) is 0 Å². The lowest BCUT2D eigenvalue weighted by molar-refractivity contribution is -0.137. The van der Waals surface area contributed by atoms with E-state index in [1.165, 1.54) is 16.8 Å². The van der Waals surface area contributed by atoms with Crippen LogP contribution < -0.4 is 5.32 Å². The zero-order valence-corrected chi connectivity index (χ0v) is 12.9. The molecule has 1 fully saturated rings. The molecule has 1 aromatic heterocycles. The number of nitrogens with zero attached hydrogens (tertiary/aromatic N) is 4. The molecule has 1 heterocycles. The molecule has 1 aliphatic carbocycles. The Hall–Kier alpha value is -2.00. The first-order chi connectivity index (χ1) is 11.4. The summed E-state index contributed by atoms with van der Waals surface area (Å²) in [5.74, 6) is 0.481. The summed E-state index contributed by atoms with van der Waals surface area (Å²) in [6, 6.07) is 4.67. The Kier molecular flexibility index (Phi) is 4.55. The van der Waals surface area contributed by atoms with Gasteiger partial charge in [0.25, 0.3) is 0 Å². The molecule has 1 saturated carbocycles. The van der Waals surface area contributed by atoms with Crippen LogP contribution in [0.15, 0.2) is 24.3 Å². The molecule has 0 saturated heterocycles. The summed E-state index contributed by atoms with van der Waals surface area (Å²) in [6.45, 7) is 0.365. The molecule has 0 amide bonds. The Morgan fingerprint density at radius 3 is 2.42 bits per heavy atom. The summed E-state index contributed by atoms with van der Waals surface area (Å²) in [6.07, 6.45) is -0.509. The Morgan fingerprint density at radius 1 is 1.17 bits per heavy atom. The van der Waals surface area contributed by atoms with Crippen molar-refractivity contribution in [2.75, 3.05) is 6.61 Å². The van der Waals surface area contributed by atoms with Crippen LogP contribution in [-0.2, 0) is 12.7 Å². The topological polar surface area (TPSA) is 75.9 Å². The maximum absolute atomic E-state index is 12.6. The summed E-state index contributed by atoms with van der Waals surface area (Å²) in [4.78, 5) is 0. The van der Waals surface area contributed by atoms with Gasteiger partial charge in [0.1, 0.15) is 0 Å². The van der Waals surface area contributed by atoms with Gasteiger partial charge in [0.2, 0.25) is 0 Å². The Morgan fingerprint density at radius 2 is 1.83 bits per heavy atom. The van der Waals surface area contributed by atoms with Gasteiger partial charge in [0, 0.05) is 5.54 Å². The highest BCUT2D eigenvalue weighted by Crippen LogP contribution is 2.30. The zero-order valence-electron chi connectivity index (χ0n) is 12.9. The molecule has 24 heavy (non-hydrogen) atoms. The fraction of sp³-hybridized carbons (Fsp3) is 0.533. The molecule has 0 bridgehead atoms. The minimum absolute atomic E-state index is 0.0366. The van der Waals surface area contributed by atoms with Crippen LogP contribution >= 0.6 is 0 Å². The largest absolute Gasteiger partial charge is 0.416 e. The third kappa shape index (κ3) is 3.41. The number of aromatic nitrogens is 4. The summed E-state index contributed by atoms with van der Waals surface area (Å²) < 4.78 is 39.3. The number of alkyl halides is 3. The van der Waals surface area contributed by atoms with Crippen LogP contribution in [-0.4, -0.2) is 37.5 Å². The third-order valence-corrected chi connectivity index (χ3v) is 4.46. The lowest BCUT2D eigenvalue weighted by atomic mass is 9.99. The van der Waals surface area contributed by atoms with Crippen molar-refractivity contribution in [3.63, 3.8) is 0 Å². The van der Waals surface area contributed by atoms with Gasteiger partial charge < -0.3 is 10.4 Å². The lowest BCUT2D eigenvalue weighted by Crippen LogP contribution is -2.45. The van der Waals surface area contributed by atoms with Gasteiger partial charge in [-0.15, -0.1) is 5.10 Å². The summed E-state index contributed by atoms with van der Waals surface area (Å²) in [5, 5.41) is 24.3. The minimum Gasteiger partial charge on any atom is -0.394 e. The first-order valence-corrected chi connectivity index (χ1v) is 7.74. The van der Waals surface area contributed by atoms with E-state index in [-0.39, 0.29) is 12.1 Å². The van der Waals surface area contributed by atoms with Gasteiger partial charge in [0.05, 0.1) is 24.4 Å². The fourth-order valence-corrected chi connectivity index (χ4v) is 3.02. The van der Waals surface area contributed by atoms with E-state index in [0.29, 0.717) is 18.1 Å². The van der Waals surface area contributed by atoms with Crippen molar-refractivity contribution in [1.29, 1.82) is 0 Å². The number of tetrazole rings is 1. The van der Waals surface area contributed by atoms with E-state index in [2.05, 4.69) is 20.8 Å². The normalized spacial score (nSPS) is 17.3. The molecule has 130 valence electrons. The van der Waals surface area contributed by atoms with Crippen molar-refractivity contribution in [1.82, 2.24) is 25.5 Å². The first-order valence-electron chi connectivity index (χ1n) is 7.74. The van der Waals surface area contributed by atoms with Gasteiger partial charge in [-0.3, -0.25) is 0 Å². The predicted molar refractivity (Wildman–Crippen MR) is 79.3 cm³/mol. The van der Waals surface area contributed by atoms with Gasteiger partial charge in [-0.05, 0) is 47.5 Å². The summed E-state index contributed by atoms with van der Waals surface area (Å²) in [5.41, 5.74) is -0.588. The highest BCUT2D eigenvalue weighted by atomic mass is 19.4. The van der Waals surface area contributed by atoms with Gasteiger partial charge in [-0.2, -0.15) is 17.9 Å². The van der Waals surface area contributed by atoms with Gasteiger partial charge >= 0.3 is 6.18 Å². The average Bonchev–Trinajstić information content (AvgIpc) is 3.22. The van der Waals surface area contributed by atoms with Crippen LogP contribution in [0.3, 0.4) is 0 Å². The van der Waals surface area contributed by atoms with Crippen molar-refractivity contribution in [2.45, 2.75) is 43.9 Å². The highest BCUT2D eigenvalue weighted by molar-refractivity contribution is 5.35. The summed E-state index contributed by atoms with van der Waals surface area (Å²) in [7, 11) is 0. The number of aliphatic hydroxyl groups excluding tert-OH is 1. The van der Waals surface area contributed by atoms with E-state index in [4.69, 9.17) is 0 Å². The van der Waals surface area contributed by atoms with E-state index in [9.17, 15) is 18.3 Å². The van der Waals surface area contributed by atoms with Crippen LogP contribution in [0, 0.1) is 0 Å². The Balaban J connectivity index is 1.75. The van der Waals surface area contributed by atoms with E-state index in [1.54, 1.807) is 0 Å². The quantitative estimate of drug-likeness (QED) is 0.871. The van der Waals surface area contributed by atoms with E-state index in [1.807, 2.05) is 0 Å².